The van der Waals surface area contributed by atoms with Crippen LogP contribution in [0.15, 0.2) is 71.4 Å². The molecule has 0 atom stereocenters. The molecule has 35 heavy (non-hydrogen) atoms. The number of esters is 1. The predicted octanol–water partition coefficient (Wildman–Crippen LogP) is 5.53. The van der Waals surface area contributed by atoms with Crippen molar-refractivity contribution in [2.75, 3.05) is 6.61 Å². The average molecular weight is 472 g/mol. The maximum atomic E-state index is 12.5. The summed E-state index contributed by atoms with van der Waals surface area (Å²) in [4.78, 5) is 27.5. The van der Waals surface area contributed by atoms with E-state index in [1.54, 1.807) is 37.3 Å². The molecule has 8 nitrogen and oxygen atoms in total. The second-order valence-electron chi connectivity index (χ2n) is 7.96. The molecular formula is C27H24N2O6. The van der Waals surface area contributed by atoms with Crippen molar-refractivity contribution >= 4 is 23.6 Å². The molecule has 0 amide bonds. The summed E-state index contributed by atoms with van der Waals surface area (Å²) in [6, 6.07) is 18.0. The van der Waals surface area contributed by atoms with Crippen molar-refractivity contribution in [3.8, 4) is 11.5 Å². The number of carbonyl (C=O) groups excluding carboxylic acids is 1. The van der Waals surface area contributed by atoms with Crippen molar-refractivity contribution in [3.05, 3.63) is 104 Å². The maximum Gasteiger partial charge on any atom is 0.363 e. The van der Waals surface area contributed by atoms with E-state index in [4.69, 9.17) is 14.2 Å². The SMILES string of the molecule is CCOc1cc(/C=C2\N=C(c3cccc([N+](=O)[O-])c3C)OC2=O)ccc1OCc1ccc(C)cc1. The number of benzene rings is 3. The van der Waals surface area contributed by atoms with Gasteiger partial charge in [-0.15, -0.1) is 0 Å². The van der Waals surface area contributed by atoms with Gasteiger partial charge in [0.2, 0.25) is 5.90 Å². The standard InChI is InChI=1S/C27H24N2O6/c1-4-33-25-15-20(12-13-24(25)34-16-19-10-8-17(2)9-11-19)14-22-27(30)35-26(28-22)21-6-5-7-23(18(21)3)29(31)32/h5-15H,4,16H2,1-3H3/b22-14-. The lowest BCUT2D eigenvalue weighted by Crippen LogP contribution is -2.08. The predicted molar refractivity (Wildman–Crippen MR) is 132 cm³/mol. The Labute approximate surface area is 202 Å². The molecule has 3 aromatic rings. The molecule has 0 bridgehead atoms. The van der Waals surface area contributed by atoms with Gasteiger partial charge in [0.25, 0.3) is 5.69 Å². The van der Waals surface area contributed by atoms with Gasteiger partial charge in [-0.3, -0.25) is 10.1 Å². The molecule has 0 unspecified atom stereocenters. The fourth-order valence-electron chi connectivity index (χ4n) is 3.58. The molecule has 178 valence electrons. The Balaban J connectivity index is 1.59. The molecule has 0 aliphatic carbocycles. The number of cyclic esters (lactones) is 1. The second-order valence-corrected chi connectivity index (χ2v) is 7.96. The average Bonchev–Trinajstić information content (AvgIpc) is 3.19. The maximum absolute atomic E-state index is 12.5. The van der Waals surface area contributed by atoms with Gasteiger partial charge >= 0.3 is 5.97 Å². The summed E-state index contributed by atoms with van der Waals surface area (Å²) in [6.07, 6.45) is 1.58. The number of rotatable bonds is 8. The normalized spacial score (nSPS) is 14.0. The highest BCUT2D eigenvalue weighted by Crippen LogP contribution is 2.31. The van der Waals surface area contributed by atoms with Gasteiger partial charge in [0.15, 0.2) is 17.2 Å². The minimum atomic E-state index is -0.636. The van der Waals surface area contributed by atoms with Crippen LogP contribution in [0, 0.1) is 24.0 Å². The molecule has 0 N–H and O–H groups in total. The largest absolute Gasteiger partial charge is 0.490 e. The van der Waals surface area contributed by atoms with Crippen LogP contribution in [0.5, 0.6) is 11.5 Å². The summed E-state index contributed by atoms with van der Waals surface area (Å²) >= 11 is 0. The Bertz CT molecular complexity index is 1340. The number of hydrogen-bond acceptors (Lipinski definition) is 7. The molecule has 0 fully saturated rings. The Kier molecular flexibility index (Phi) is 6.91. The van der Waals surface area contributed by atoms with Gasteiger partial charge in [-0.2, -0.15) is 0 Å². The molecule has 0 saturated carbocycles. The van der Waals surface area contributed by atoms with E-state index in [1.807, 2.05) is 38.1 Å². The van der Waals surface area contributed by atoms with E-state index in [0.717, 1.165) is 5.56 Å². The third-order valence-electron chi connectivity index (χ3n) is 5.44. The van der Waals surface area contributed by atoms with Crippen molar-refractivity contribution in [1.29, 1.82) is 0 Å². The first-order chi connectivity index (χ1) is 16.9. The third kappa shape index (κ3) is 5.38. The van der Waals surface area contributed by atoms with Gasteiger partial charge in [-0.1, -0.05) is 42.0 Å². The number of nitro benzene ring substituents is 1. The van der Waals surface area contributed by atoms with Gasteiger partial charge in [-0.25, -0.2) is 9.79 Å². The smallest absolute Gasteiger partial charge is 0.363 e. The van der Waals surface area contributed by atoms with Gasteiger partial charge < -0.3 is 14.2 Å². The first-order valence-electron chi connectivity index (χ1n) is 11.1. The summed E-state index contributed by atoms with van der Waals surface area (Å²) in [5.74, 6) is 0.521. The quantitative estimate of drug-likeness (QED) is 0.185. The lowest BCUT2D eigenvalue weighted by molar-refractivity contribution is -0.385. The van der Waals surface area contributed by atoms with Gasteiger partial charge in [0.05, 0.1) is 11.5 Å². The molecule has 0 aromatic heterocycles. The second kappa shape index (κ2) is 10.2. The lowest BCUT2D eigenvalue weighted by atomic mass is 10.1. The van der Waals surface area contributed by atoms with Crippen LogP contribution in [0.2, 0.25) is 0 Å². The summed E-state index contributed by atoms with van der Waals surface area (Å²) in [6.45, 7) is 6.33. The third-order valence-corrected chi connectivity index (χ3v) is 5.44. The molecule has 1 aliphatic rings. The number of aryl methyl sites for hydroxylation is 1. The highest BCUT2D eigenvalue weighted by Gasteiger charge is 2.27. The summed E-state index contributed by atoms with van der Waals surface area (Å²) < 4.78 is 17.0. The Morgan fingerprint density at radius 1 is 1.03 bits per heavy atom. The van der Waals surface area contributed by atoms with Crippen molar-refractivity contribution in [2.45, 2.75) is 27.4 Å². The van der Waals surface area contributed by atoms with Crippen molar-refractivity contribution in [3.63, 3.8) is 0 Å². The van der Waals surface area contributed by atoms with E-state index in [0.29, 0.717) is 41.4 Å². The van der Waals surface area contributed by atoms with E-state index < -0.39 is 10.9 Å². The number of aliphatic imine (C=N–C) groups is 1. The first kappa shape index (κ1) is 23.7. The van der Waals surface area contributed by atoms with Crippen LogP contribution >= 0.6 is 0 Å². The molecule has 4 rings (SSSR count). The number of ether oxygens (including phenoxy) is 3. The number of hydrogen-bond donors (Lipinski definition) is 0. The molecule has 0 spiro atoms. The van der Waals surface area contributed by atoms with Crippen LogP contribution in [-0.4, -0.2) is 23.4 Å². The van der Waals surface area contributed by atoms with E-state index in [9.17, 15) is 14.9 Å². The highest BCUT2D eigenvalue weighted by molar-refractivity contribution is 6.13. The number of nitro groups is 1. The zero-order valence-electron chi connectivity index (χ0n) is 19.6. The first-order valence-corrected chi connectivity index (χ1v) is 11.1. The molecule has 3 aromatic carbocycles. The van der Waals surface area contributed by atoms with Gasteiger partial charge in [0.1, 0.15) is 6.61 Å². The highest BCUT2D eigenvalue weighted by atomic mass is 16.6. The van der Waals surface area contributed by atoms with Crippen molar-refractivity contribution in [1.82, 2.24) is 0 Å². The number of carbonyl (C=O) groups is 1. The van der Waals surface area contributed by atoms with Crippen molar-refractivity contribution in [2.24, 2.45) is 4.99 Å². The molecule has 0 radical (unpaired) electrons. The van der Waals surface area contributed by atoms with Crippen LogP contribution in [0.1, 0.15) is 34.7 Å². The van der Waals surface area contributed by atoms with E-state index in [-0.39, 0.29) is 17.3 Å². The summed E-state index contributed by atoms with van der Waals surface area (Å²) in [5, 5.41) is 11.2. The van der Waals surface area contributed by atoms with Crippen LogP contribution < -0.4 is 9.47 Å². The fourth-order valence-corrected chi connectivity index (χ4v) is 3.58. The minimum absolute atomic E-state index is 0.0329. The molecular weight excluding hydrogens is 448 g/mol. The summed E-state index contributed by atoms with van der Waals surface area (Å²) in [5.41, 5.74) is 3.67. The lowest BCUT2D eigenvalue weighted by Gasteiger charge is -2.13. The summed E-state index contributed by atoms with van der Waals surface area (Å²) in [7, 11) is 0. The fraction of sp³-hybridized carbons (Fsp3) is 0.185. The molecule has 1 heterocycles. The monoisotopic (exact) mass is 472 g/mol. The van der Waals surface area contributed by atoms with Crippen LogP contribution in [0.3, 0.4) is 0 Å². The zero-order chi connectivity index (χ0) is 24.9. The number of nitrogens with zero attached hydrogens (tertiary/aromatic N) is 2. The minimum Gasteiger partial charge on any atom is -0.490 e. The van der Waals surface area contributed by atoms with E-state index >= 15 is 0 Å². The molecule has 1 aliphatic heterocycles. The Hall–Kier alpha value is -4.46. The van der Waals surface area contributed by atoms with E-state index in [2.05, 4.69) is 4.99 Å². The van der Waals surface area contributed by atoms with Crippen LogP contribution in [0.4, 0.5) is 5.69 Å². The molecule has 8 heteroatoms. The van der Waals surface area contributed by atoms with Crippen LogP contribution in [0.25, 0.3) is 6.08 Å². The Morgan fingerprint density at radius 2 is 1.80 bits per heavy atom. The Morgan fingerprint density at radius 3 is 2.51 bits per heavy atom. The topological polar surface area (TPSA) is 100 Å². The van der Waals surface area contributed by atoms with Gasteiger partial charge in [0, 0.05) is 17.2 Å². The van der Waals surface area contributed by atoms with Gasteiger partial charge in [-0.05, 0) is 56.2 Å². The van der Waals surface area contributed by atoms with Crippen LogP contribution in [-0.2, 0) is 16.1 Å². The van der Waals surface area contributed by atoms with Crippen molar-refractivity contribution < 1.29 is 23.9 Å². The van der Waals surface area contributed by atoms with E-state index in [1.165, 1.54) is 17.7 Å². The molecule has 0 saturated heterocycles. The zero-order valence-corrected chi connectivity index (χ0v) is 19.6.